The van der Waals surface area contributed by atoms with Crippen LogP contribution in [-0.4, -0.2) is 31.9 Å². The van der Waals surface area contributed by atoms with Crippen LogP contribution in [0, 0.1) is 0 Å². The number of rotatable bonds is 7. The summed E-state index contributed by atoms with van der Waals surface area (Å²) in [4.78, 5) is 11.2. The first-order valence-corrected chi connectivity index (χ1v) is 6.22. The molecule has 3 nitrogen and oxygen atoms in total. The number of alkyl halides is 1. The van der Waals surface area contributed by atoms with Gasteiger partial charge in [0.15, 0.2) is 0 Å². The maximum Gasteiger partial charge on any atom is 0.130 e. The SMILES string of the molecule is COC(c1ccc(SCC=O)cc1)C(N)CF. The maximum absolute atomic E-state index is 12.5. The molecule has 0 aliphatic carbocycles. The van der Waals surface area contributed by atoms with Gasteiger partial charge in [-0.05, 0) is 17.7 Å². The molecule has 1 aromatic rings. The summed E-state index contributed by atoms with van der Waals surface area (Å²) >= 11 is 1.45. The zero-order valence-corrected chi connectivity index (χ0v) is 10.5. The zero-order chi connectivity index (χ0) is 12.7. The highest BCUT2D eigenvalue weighted by Crippen LogP contribution is 2.24. The largest absolute Gasteiger partial charge is 0.375 e. The summed E-state index contributed by atoms with van der Waals surface area (Å²) in [6, 6.07) is 6.78. The standard InChI is InChI=1S/C12H16FNO2S/c1-16-12(11(14)8-13)9-2-4-10(5-3-9)17-7-6-15/h2-6,11-12H,7-8,14H2,1H3. The van der Waals surface area contributed by atoms with Gasteiger partial charge in [-0.2, -0.15) is 0 Å². The molecule has 0 aliphatic heterocycles. The molecule has 0 saturated heterocycles. The molecular weight excluding hydrogens is 241 g/mol. The van der Waals surface area contributed by atoms with Crippen molar-refractivity contribution >= 4 is 18.0 Å². The van der Waals surface area contributed by atoms with E-state index in [2.05, 4.69) is 0 Å². The van der Waals surface area contributed by atoms with E-state index in [4.69, 9.17) is 10.5 Å². The van der Waals surface area contributed by atoms with Crippen LogP contribution in [0.1, 0.15) is 11.7 Å². The lowest BCUT2D eigenvalue weighted by Crippen LogP contribution is -2.31. The van der Waals surface area contributed by atoms with Crippen LogP contribution >= 0.6 is 11.8 Å². The molecule has 0 bridgehead atoms. The van der Waals surface area contributed by atoms with Gasteiger partial charge in [0.1, 0.15) is 13.0 Å². The monoisotopic (exact) mass is 257 g/mol. The van der Waals surface area contributed by atoms with Crippen LogP contribution in [-0.2, 0) is 9.53 Å². The van der Waals surface area contributed by atoms with Gasteiger partial charge in [-0.25, -0.2) is 4.39 Å². The molecule has 1 aromatic carbocycles. The number of aldehydes is 1. The van der Waals surface area contributed by atoms with Crippen LogP contribution in [0.5, 0.6) is 0 Å². The highest BCUT2D eigenvalue weighted by atomic mass is 32.2. The molecule has 17 heavy (non-hydrogen) atoms. The number of thioether (sulfide) groups is 1. The Labute approximate surface area is 105 Å². The fourth-order valence-corrected chi connectivity index (χ4v) is 2.11. The van der Waals surface area contributed by atoms with Crippen molar-refractivity contribution in [2.45, 2.75) is 17.0 Å². The lowest BCUT2D eigenvalue weighted by Gasteiger charge is -2.20. The molecule has 0 aliphatic rings. The first-order chi connectivity index (χ1) is 8.22. The van der Waals surface area contributed by atoms with Crippen LogP contribution in [0.3, 0.4) is 0 Å². The fraction of sp³-hybridized carbons (Fsp3) is 0.417. The Kier molecular flexibility index (Phi) is 6.18. The van der Waals surface area contributed by atoms with Crippen molar-refractivity contribution in [3.05, 3.63) is 29.8 Å². The normalized spacial score (nSPS) is 14.3. The second-order valence-corrected chi connectivity index (χ2v) is 4.61. The summed E-state index contributed by atoms with van der Waals surface area (Å²) in [5, 5.41) is 0. The first-order valence-electron chi connectivity index (χ1n) is 5.23. The summed E-state index contributed by atoms with van der Waals surface area (Å²) < 4.78 is 17.7. The Hall–Kier alpha value is -0.910. The van der Waals surface area contributed by atoms with Crippen LogP contribution in [0.15, 0.2) is 29.2 Å². The summed E-state index contributed by atoms with van der Waals surface area (Å²) in [6.07, 6.45) is 0.417. The van der Waals surface area contributed by atoms with Crippen molar-refractivity contribution in [1.29, 1.82) is 0 Å². The van der Waals surface area contributed by atoms with Crippen molar-refractivity contribution in [1.82, 2.24) is 0 Å². The number of carbonyl (C=O) groups is 1. The van der Waals surface area contributed by atoms with E-state index in [1.165, 1.54) is 18.9 Å². The topological polar surface area (TPSA) is 52.3 Å². The van der Waals surface area contributed by atoms with Crippen molar-refractivity contribution in [2.75, 3.05) is 19.5 Å². The molecule has 0 aromatic heterocycles. The van der Waals surface area contributed by atoms with Crippen LogP contribution < -0.4 is 5.73 Å². The highest BCUT2D eigenvalue weighted by molar-refractivity contribution is 7.99. The van der Waals surface area contributed by atoms with Crippen molar-refractivity contribution in [2.24, 2.45) is 5.73 Å². The van der Waals surface area contributed by atoms with Crippen molar-refractivity contribution in [3.8, 4) is 0 Å². The number of carbonyl (C=O) groups excluding carboxylic acids is 1. The molecule has 0 amide bonds. The summed E-state index contributed by atoms with van der Waals surface area (Å²) in [5.41, 5.74) is 6.47. The second-order valence-electron chi connectivity index (χ2n) is 3.52. The van der Waals surface area contributed by atoms with E-state index in [1.807, 2.05) is 24.3 Å². The molecule has 0 saturated carbocycles. The molecule has 5 heteroatoms. The van der Waals surface area contributed by atoms with Gasteiger partial charge in [-0.3, -0.25) is 0 Å². The molecule has 2 N–H and O–H groups in total. The number of halogens is 1. The average molecular weight is 257 g/mol. The van der Waals surface area contributed by atoms with E-state index < -0.39 is 18.8 Å². The molecule has 1 rings (SSSR count). The number of hydrogen-bond acceptors (Lipinski definition) is 4. The number of methoxy groups -OCH3 is 1. The van der Waals surface area contributed by atoms with Crippen molar-refractivity contribution in [3.63, 3.8) is 0 Å². The molecule has 0 radical (unpaired) electrons. The highest BCUT2D eigenvalue weighted by Gasteiger charge is 2.18. The van der Waals surface area contributed by atoms with E-state index in [0.717, 1.165) is 16.7 Å². The lowest BCUT2D eigenvalue weighted by molar-refractivity contribution is -0.105. The molecule has 94 valence electrons. The van der Waals surface area contributed by atoms with E-state index in [1.54, 1.807) is 0 Å². The lowest BCUT2D eigenvalue weighted by atomic mass is 10.0. The molecule has 0 spiro atoms. The minimum absolute atomic E-state index is 0.428. The zero-order valence-electron chi connectivity index (χ0n) is 9.64. The Balaban J connectivity index is 2.74. The van der Waals surface area contributed by atoms with Crippen molar-refractivity contribution < 1.29 is 13.9 Å². The Bertz CT molecular complexity index is 345. The Morgan fingerprint density at radius 2 is 2.12 bits per heavy atom. The molecule has 2 unspecified atom stereocenters. The van der Waals surface area contributed by atoms with E-state index in [-0.39, 0.29) is 0 Å². The van der Waals surface area contributed by atoms with Gasteiger partial charge in [0, 0.05) is 12.0 Å². The van der Waals surface area contributed by atoms with E-state index >= 15 is 0 Å². The minimum Gasteiger partial charge on any atom is -0.375 e. The van der Waals surface area contributed by atoms with Gasteiger partial charge >= 0.3 is 0 Å². The van der Waals surface area contributed by atoms with Gasteiger partial charge in [-0.1, -0.05) is 12.1 Å². The van der Waals surface area contributed by atoms with Gasteiger partial charge in [0.2, 0.25) is 0 Å². The van der Waals surface area contributed by atoms with Gasteiger partial charge in [0.05, 0.1) is 17.9 Å². The maximum atomic E-state index is 12.5. The van der Waals surface area contributed by atoms with Gasteiger partial charge < -0.3 is 15.3 Å². The predicted molar refractivity (Wildman–Crippen MR) is 66.9 cm³/mol. The third-order valence-corrected chi connectivity index (χ3v) is 3.26. The number of nitrogens with two attached hydrogens (primary N) is 1. The Morgan fingerprint density at radius 1 is 1.47 bits per heavy atom. The second kappa shape index (κ2) is 7.42. The van der Waals surface area contributed by atoms with Gasteiger partial charge in [0.25, 0.3) is 0 Å². The molecule has 0 fully saturated rings. The van der Waals surface area contributed by atoms with E-state index in [0.29, 0.717) is 5.75 Å². The van der Waals surface area contributed by atoms with Crippen LogP contribution in [0.25, 0.3) is 0 Å². The average Bonchev–Trinajstić information content (AvgIpc) is 2.38. The van der Waals surface area contributed by atoms with E-state index in [9.17, 15) is 9.18 Å². The number of benzene rings is 1. The smallest absolute Gasteiger partial charge is 0.130 e. The molecule has 0 heterocycles. The fourth-order valence-electron chi connectivity index (χ4n) is 1.52. The summed E-state index contributed by atoms with van der Waals surface area (Å²) in [6.45, 7) is -0.625. The number of hydrogen-bond donors (Lipinski definition) is 1. The summed E-state index contributed by atoms with van der Waals surface area (Å²) in [5.74, 6) is 0.428. The third kappa shape index (κ3) is 4.11. The number of ether oxygens (including phenoxy) is 1. The van der Waals surface area contributed by atoms with Crippen LogP contribution in [0.2, 0.25) is 0 Å². The summed E-state index contributed by atoms with van der Waals surface area (Å²) in [7, 11) is 1.51. The quantitative estimate of drug-likeness (QED) is 0.599. The third-order valence-electron chi connectivity index (χ3n) is 2.35. The Morgan fingerprint density at radius 3 is 2.59 bits per heavy atom. The van der Waals surface area contributed by atoms with Gasteiger partial charge in [-0.15, -0.1) is 11.8 Å². The molecular formula is C12H16FNO2S. The molecule has 2 atom stereocenters. The predicted octanol–water partition coefficient (Wildman–Crippen LogP) is 1.96. The van der Waals surface area contributed by atoms with Crippen LogP contribution in [0.4, 0.5) is 4.39 Å². The minimum atomic E-state index is -0.659. The first kappa shape index (κ1) is 14.2.